The molecule has 1 heterocycles. The summed E-state index contributed by atoms with van der Waals surface area (Å²) in [5.74, 6) is -0.0583. The zero-order valence-electron chi connectivity index (χ0n) is 9.07. The summed E-state index contributed by atoms with van der Waals surface area (Å²) < 4.78 is 1.95. The molecular weight excluding hydrogens is 190 g/mol. The van der Waals surface area contributed by atoms with Crippen LogP contribution >= 0.6 is 0 Å². The number of nitrogens with zero attached hydrogens (tertiary/aromatic N) is 2. The molecule has 4 heteroatoms. The Morgan fingerprint density at radius 2 is 2.20 bits per heavy atom. The highest BCUT2D eigenvalue weighted by Gasteiger charge is 2.17. The molecule has 1 aromatic rings. The average Bonchev–Trinajstić information content (AvgIpc) is 2.78. The van der Waals surface area contributed by atoms with Gasteiger partial charge in [-0.25, -0.2) is 0 Å². The molecule has 0 spiro atoms. The molecular formula is C11H17N3O. The maximum Gasteiger partial charge on any atom is 0.254 e. The second-order valence-corrected chi connectivity index (χ2v) is 4.08. The van der Waals surface area contributed by atoms with Gasteiger partial charge in [0.15, 0.2) is 0 Å². The van der Waals surface area contributed by atoms with Gasteiger partial charge in [0.1, 0.15) is 0 Å². The van der Waals surface area contributed by atoms with E-state index in [0.717, 1.165) is 0 Å². The zero-order chi connectivity index (χ0) is 10.7. The van der Waals surface area contributed by atoms with Crippen molar-refractivity contribution in [1.29, 1.82) is 0 Å². The number of nitrogens with one attached hydrogen (secondary N) is 1. The summed E-state index contributed by atoms with van der Waals surface area (Å²) in [4.78, 5) is 11.3. The van der Waals surface area contributed by atoms with E-state index in [0.29, 0.717) is 11.6 Å². The maximum atomic E-state index is 11.3. The summed E-state index contributed by atoms with van der Waals surface area (Å²) in [5, 5.41) is 6.87. The van der Waals surface area contributed by atoms with Crippen molar-refractivity contribution in [3.63, 3.8) is 0 Å². The molecule has 1 N–H and O–H groups in total. The van der Waals surface area contributed by atoms with Gasteiger partial charge < -0.3 is 5.32 Å². The highest BCUT2D eigenvalue weighted by atomic mass is 16.1. The molecule has 1 aliphatic rings. The van der Waals surface area contributed by atoms with E-state index in [4.69, 9.17) is 0 Å². The SMILES string of the molecule is CNC(=O)c1cnn(C2CCCCC2)c1. The minimum Gasteiger partial charge on any atom is -0.355 e. The first-order chi connectivity index (χ1) is 7.31. The molecule has 0 aliphatic heterocycles. The van der Waals surface area contributed by atoms with Gasteiger partial charge in [0.2, 0.25) is 0 Å². The molecule has 0 atom stereocenters. The second-order valence-electron chi connectivity index (χ2n) is 4.08. The Morgan fingerprint density at radius 3 is 2.87 bits per heavy atom. The van der Waals surface area contributed by atoms with Crippen LogP contribution in [0.3, 0.4) is 0 Å². The van der Waals surface area contributed by atoms with E-state index in [1.807, 2.05) is 10.9 Å². The van der Waals surface area contributed by atoms with E-state index < -0.39 is 0 Å². The largest absolute Gasteiger partial charge is 0.355 e. The van der Waals surface area contributed by atoms with Crippen molar-refractivity contribution in [2.24, 2.45) is 0 Å². The van der Waals surface area contributed by atoms with E-state index in [1.54, 1.807) is 13.2 Å². The first-order valence-corrected chi connectivity index (χ1v) is 5.57. The standard InChI is InChI=1S/C11H17N3O/c1-12-11(15)9-7-13-14(8-9)10-5-3-2-4-6-10/h7-8,10H,2-6H2,1H3,(H,12,15). The van der Waals surface area contributed by atoms with Crippen molar-refractivity contribution >= 4 is 5.91 Å². The molecule has 2 rings (SSSR count). The lowest BCUT2D eigenvalue weighted by Crippen LogP contribution is -2.17. The van der Waals surface area contributed by atoms with Crippen LogP contribution in [0.1, 0.15) is 48.5 Å². The van der Waals surface area contributed by atoms with Crippen molar-refractivity contribution in [3.8, 4) is 0 Å². The van der Waals surface area contributed by atoms with Crippen LogP contribution in [0.2, 0.25) is 0 Å². The molecule has 1 amide bonds. The molecule has 1 aromatic heterocycles. The third kappa shape index (κ3) is 2.19. The summed E-state index contributed by atoms with van der Waals surface area (Å²) in [7, 11) is 1.64. The summed E-state index contributed by atoms with van der Waals surface area (Å²) in [6.45, 7) is 0. The Labute approximate surface area is 89.7 Å². The van der Waals surface area contributed by atoms with Crippen LogP contribution in [0.25, 0.3) is 0 Å². The van der Waals surface area contributed by atoms with Crippen LogP contribution in [0, 0.1) is 0 Å². The van der Waals surface area contributed by atoms with Crippen molar-refractivity contribution in [2.75, 3.05) is 7.05 Å². The summed E-state index contributed by atoms with van der Waals surface area (Å²) in [6, 6.07) is 0.497. The quantitative estimate of drug-likeness (QED) is 0.803. The Morgan fingerprint density at radius 1 is 1.47 bits per heavy atom. The summed E-state index contributed by atoms with van der Waals surface area (Å²) >= 11 is 0. The average molecular weight is 207 g/mol. The molecule has 4 nitrogen and oxygen atoms in total. The van der Waals surface area contributed by atoms with Gasteiger partial charge in [-0.2, -0.15) is 5.10 Å². The highest BCUT2D eigenvalue weighted by molar-refractivity contribution is 5.93. The molecule has 0 saturated heterocycles. The number of aromatic nitrogens is 2. The van der Waals surface area contributed by atoms with E-state index in [9.17, 15) is 4.79 Å². The molecule has 0 bridgehead atoms. The first-order valence-electron chi connectivity index (χ1n) is 5.57. The van der Waals surface area contributed by atoms with E-state index in [1.165, 1.54) is 32.1 Å². The van der Waals surface area contributed by atoms with Crippen LogP contribution in [0.15, 0.2) is 12.4 Å². The number of amides is 1. The van der Waals surface area contributed by atoms with Gasteiger partial charge in [-0.15, -0.1) is 0 Å². The molecule has 1 saturated carbocycles. The monoisotopic (exact) mass is 207 g/mol. The van der Waals surface area contributed by atoms with Crippen molar-refractivity contribution in [2.45, 2.75) is 38.1 Å². The lowest BCUT2D eigenvalue weighted by molar-refractivity contribution is 0.0963. The fraction of sp³-hybridized carbons (Fsp3) is 0.636. The summed E-state index contributed by atoms with van der Waals surface area (Å²) in [5.41, 5.74) is 0.656. The normalized spacial score (nSPS) is 17.7. The van der Waals surface area contributed by atoms with Gasteiger partial charge in [-0.05, 0) is 12.8 Å². The Kier molecular flexibility index (Phi) is 3.04. The predicted molar refractivity (Wildman–Crippen MR) is 57.7 cm³/mol. The minimum atomic E-state index is -0.0583. The minimum absolute atomic E-state index is 0.0583. The fourth-order valence-electron chi connectivity index (χ4n) is 2.14. The predicted octanol–water partition coefficient (Wildman–Crippen LogP) is 1.75. The first kappa shape index (κ1) is 10.2. The topological polar surface area (TPSA) is 46.9 Å². The Balaban J connectivity index is 2.08. The number of hydrogen-bond acceptors (Lipinski definition) is 2. The smallest absolute Gasteiger partial charge is 0.254 e. The van der Waals surface area contributed by atoms with Crippen LogP contribution in [0.5, 0.6) is 0 Å². The Bertz CT molecular complexity index is 339. The van der Waals surface area contributed by atoms with Crippen LogP contribution in [0.4, 0.5) is 0 Å². The third-order valence-electron chi connectivity index (χ3n) is 3.04. The fourth-order valence-corrected chi connectivity index (χ4v) is 2.14. The molecule has 15 heavy (non-hydrogen) atoms. The van der Waals surface area contributed by atoms with Crippen molar-refractivity contribution in [1.82, 2.24) is 15.1 Å². The summed E-state index contributed by atoms with van der Waals surface area (Å²) in [6.07, 6.45) is 9.77. The number of carbonyl (C=O) groups is 1. The lowest BCUT2D eigenvalue weighted by Gasteiger charge is -2.21. The second kappa shape index (κ2) is 4.47. The highest BCUT2D eigenvalue weighted by Crippen LogP contribution is 2.27. The zero-order valence-corrected chi connectivity index (χ0v) is 9.07. The lowest BCUT2D eigenvalue weighted by atomic mass is 9.96. The van der Waals surface area contributed by atoms with Crippen LogP contribution < -0.4 is 5.32 Å². The van der Waals surface area contributed by atoms with E-state index in [2.05, 4.69) is 10.4 Å². The molecule has 82 valence electrons. The van der Waals surface area contributed by atoms with Gasteiger partial charge >= 0.3 is 0 Å². The molecule has 0 radical (unpaired) electrons. The van der Waals surface area contributed by atoms with E-state index in [-0.39, 0.29) is 5.91 Å². The van der Waals surface area contributed by atoms with Gasteiger partial charge in [0.05, 0.1) is 17.8 Å². The Hall–Kier alpha value is -1.32. The van der Waals surface area contributed by atoms with Crippen LogP contribution in [-0.4, -0.2) is 22.7 Å². The molecule has 1 fully saturated rings. The van der Waals surface area contributed by atoms with Gasteiger partial charge in [-0.1, -0.05) is 19.3 Å². The van der Waals surface area contributed by atoms with Gasteiger partial charge in [0.25, 0.3) is 5.91 Å². The van der Waals surface area contributed by atoms with Crippen molar-refractivity contribution < 1.29 is 4.79 Å². The molecule has 0 unspecified atom stereocenters. The van der Waals surface area contributed by atoms with Crippen molar-refractivity contribution in [3.05, 3.63) is 18.0 Å². The maximum absolute atomic E-state index is 11.3. The van der Waals surface area contributed by atoms with Gasteiger partial charge in [-0.3, -0.25) is 9.48 Å². The number of carbonyl (C=O) groups excluding carboxylic acids is 1. The third-order valence-corrected chi connectivity index (χ3v) is 3.04. The van der Waals surface area contributed by atoms with Crippen LogP contribution in [-0.2, 0) is 0 Å². The van der Waals surface area contributed by atoms with E-state index >= 15 is 0 Å². The molecule has 0 aromatic carbocycles. The number of rotatable bonds is 2. The molecule has 1 aliphatic carbocycles. The van der Waals surface area contributed by atoms with Gasteiger partial charge in [0, 0.05) is 13.2 Å². The number of hydrogen-bond donors (Lipinski definition) is 1.